The molecule has 0 fully saturated rings. The number of aromatic amines is 2. The summed E-state index contributed by atoms with van der Waals surface area (Å²) in [6, 6.07) is 6.75. The van der Waals surface area contributed by atoms with Crippen LogP contribution < -0.4 is 11.0 Å². The molecular weight excluding hydrogens is 199 g/mol. The third-order valence-corrected chi connectivity index (χ3v) is 1.97. The predicted molar refractivity (Wildman–Crippen MR) is 53.1 cm³/mol. The Kier molecular flexibility index (Phi) is 2.21. The lowest BCUT2D eigenvalue weighted by atomic mass is 10.1. The number of rotatable bonds is 1. The van der Waals surface area contributed by atoms with E-state index in [1.165, 1.54) is 30.3 Å². The number of H-pyrrole nitrogens is 2. The maximum absolute atomic E-state index is 12.6. The number of nitrogens with one attached hydrogen (secondary N) is 2. The summed E-state index contributed by atoms with van der Waals surface area (Å²) < 4.78 is 12.6. The fourth-order valence-corrected chi connectivity index (χ4v) is 1.20. The summed E-state index contributed by atoms with van der Waals surface area (Å²) in [6.45, 7) is 0. The van der Waals surface area contributed by atoms with Crippen molar-refractivity contribution in [3.63, 3.8) is 0 Å². The summed E-state index contributed by atoms with van der Waals surface area (Å²) in [5.41, 5.74) is -0.265. The Balaban J connectivity index is 2.55. The molecule has 0 spiro atoms. The molecule has 1 aromatic heterocycles. The molecule has 1 aromatic carbocycles. The SMILES string of the molecule is O=c1cc(-c2ccc(F)cc2)[nH][nH]c1=O. The first kappa shape index (κ1) is 9.39. The Hall–Kier alpha value is -2.17. The molecule has 2 aromatic rings. The lowest BCUT2D eigenvalue weighted by Gasteiger charge is -1.99. The highest BCUT2D eigenvalue weighted by atomic mass is 19.1. The third-order valence-electron chi connectivity index (χ3n) is 1.97. The molecule has 0 aliphatic carbocycles. The number of hydrogen-bond donors (Lipinski definition) is 2. The quantitative estimate of drug-likeness (QED) is 0.680. The molecule has 1 heterocycles. The molecule has 2 N–H and O–H groups in total. The summed E-state index contributed by atoms with van der Waals surface area (Å²) >= 11 is 0. The molecule has 0 bridgehead atoms. The van der Waals surface area contributed by atoms with Crippen molar-refractivity contribution < 1.29 is 4.39 Å². The molecule has 15 heavy (non-hydrogen) atoms. The Labute approximate surface area is 83.4 Å². The van der Waals surface area contributed by atoms with Gasteiger partial charge in [0.05, 0.1) is 5.69 Å². The van der Waals surface area contributed by atoms with E-state index in [4.69, 9.17) is 0 Å². The van der Waals surface area contributed by atoms with Gasteiger partial charge < -0.3 is 0 Å². The van der Waals surface area contributed by atoms with Crippen LogP contribution in [0, 0.1) is 5.82 Å². The monoisotopic (exact) mass is 206 g/mol. The summed E-state index contributed by atoms with van der Waals surface area (Å²) in [5, 5.41) is 4.75. The minimum absolute atomic E-state index is 0.356. The normalized spacial score (nSPS) is 10.2. The smallest absolute Gasteiger partial charge is 0.297 e. The molecule has 0 aliphatic heterocycles. The largest absolute Gasteiger partial charge is 0.310 e. The molecule has 76 valence electrons. The van der Waals surface area contributed by atoms with Crippen LogP contribution in [-0.2, 0) is 0 Å². The van der Waals surface area contributed by atoms with E-state index in [1.807, 2.05) is 0 Å². The zero-order chi connectivity index (χ0) is 10.8. The van der Waals surface area contributed by atoms with Crippen molar-refractivity contribution >= 4 is 0 Å². The van der Waals surface area contributed by atoms with Gasteiger partial charge >= 0.3 is 5.56 Å². The topological polar surface area (TPSA) is 65.7 Å². The van der Waals surface area contributed by atoms with E-state index in [2.05, 4.69) is 10.2 Å². The highest BCUT2D eigenvalue weighted by Gasteiger charge is 2.00. The van der Waals surface area contributed by atoms with Crippen molar-refractivity contribution in [2.24, 2.45) is 0 Å². The van der Waals surface area contributed by atoms with Gasteiger partial charge in [-0.05, 0) is 29.8 Å². The lowest BCUT2D eigenvalue weighted by molar-refractivity contribution is 0.628. The highest BCUT2D eigenvalue weighted by Crippen LogP contribution is 2.13. The molecule has 2 rings (SSSR count). The summed E-state index contributed by atoms with van der Waals surface area (Å²) in [4.78, 5) is 21.8. The van der Waals surface area contributed by atoms with Crippen molar-refractivity contribution in [1.82, 2.24) is 10.2 Å². The van der Waals surface area contributed by atoms with Crippen LogP contribution in [0.25, 0.3) is 11.3 Å². The van der Waals surface area contributed by atoms with Crippen LogP contribution in [0.1, 0.15) is 0 Å². The van der Waals surface area contributed by atoms with Crippen molar-refractivity contribution in [1.29, 1.82) is 0 Å². The molecule has 0 amide bonds. The molecule has 0 unspecified atom stereocenters. The van der Waals surface area contributed by atoms with E-state index in [9.17, 15) is 14.0 Å². The number of hydrogen-bond acceptors (Lipinski definition) is 2. The first-order valence-electron chi connectivity index (χ1n) is 4.25. The zero-order valence-electron chi connectivity index (χ0n) is 7.58. The summed E-state index contributed by atoms with van der Waals surface area (Å²) in [7, 11) is 0. The first-order chi connectivity index (χ1) is 7.16. The summed E-state index contributed by atoms with van der Waals surface area (Å²) in [6.07, 6.45) is 0. The van der Waals surface area contributed by atoms with E-state index in [0.717, 1.165) is 0 Å². The van der Waals surface area contributed by atoms with Crippen LogP contribution in [0.4, 0.5) is 4.39 Å². The second-order valence-electron chi connectivity index (χ2n) is 3.01. The maximum atomic E-state index is 12.6. The van der Waals surface area contributed by atoms with Crippen LogP contribution in [0.2, 0.25) is 0 Å². The molecule has 0 atom stereocenters. The van der Waals surface area contributed by atoms with Gasteiger partial charge in [0.25, 0.3) is 0 Å². The molecule has 5 heteroatoms. The van der Waals surface area contributed by atoms with Gasteiger partial charge in [0.1, 0.15) is 5.82 Å². The second kappa shape index (κ2) is 3.53. The maximum Gasteiger partial charge on any atom is 0.310 e. The minimum atomic E-state index is -0.708. The first-order valence-corrected chi connectivity index (χ1v) is 4.25. The van der Waals surface area contributed by atoms with Gasteiger partial charge in [0, 0.05) is 6.07 Å². The van der Waals surface area contributed by atoms with Gasteiger partial charge in [-0.3, -0.25) is 19.8 Å². The average molecular weight is 206 g/mol. The Morgan fingerprint density at radius 3 is 2.27 bits per heavy atom. The molecule has 0 radical (unpaired) electrons. The summed E-state index contributed by atoms with van der Waals surface area (Å²) in [5.74, 6) is -0.356. The zero-order valence-corrected chi connectivity index (χ0v) is 7.58. The molecule has 0 aliphatic rings. The second-order valence-corrected chi connectivity index (χ2v) is 3.01. The fraction of sp³-hybridized carbons (Fsp3) is 0. The predicted octanol–water partition coefficient (Wildman–Crippen LogP) is 0.869. The standard InChI is InChI=1S/C10H7FN2O2/c11-7-3-1-6(2-4-7)8-5-9(14)10(15)13-12-8/h1-5H,(H,12,14)(H,13,15). The fourth-order valence-electron chi connectivity index (χ4n) is 1.20. The van der Waals surface area contributed by atoms with Crippen molar-refractivity contribution in [3.05, 3.63) is 56.7 Å². The molecule has 0 saturated carbocycles. The van der Waals surface area contributed by atoms with Gasteiger partial charge in [-0.25, -0.2) is 4.39 Å². The number of aromatic nitrogens is 2. The molecular formula is C10H7FN2O2. The van der Waals surface area contributed by atoms with E-state index in [-0.39, 0.29) is 5.82 Å². The van der Waals surface area contributed by atoms with Crippen LogP contribution in [0.5, 0.6) is 0 Å². The molecule has 4 nitrogen and oxygen atoms in total. The van der Waals surface area contributed by atoms with Gasteiger partial charge in [-0.15, -0.1) is 0 Å². The van der Waals surface area contributed by atoms with Crippen molar-refractivity contribution in [2.75, 3.05) is 0 Å². The van der Waals surface area contributed by atoms with Gasteiger partial charge in [-0.2, -0.15) is 0 Å². The minimum Gasteiger partial charge on any atom is -0.297 e. The average Bonchev–Trinajstić information content (AvgIpc) is 2.23. The Bertz CT molecular complexity index is 583. The van der Waals surface area contributed by atoms with E-state index in [0.29, 0.717) is 11.3 Å². The van der Waals surface area contributed by atoms with Crippen LogP contribution in [0.3, 0.4) is 0 Å². The van der Waals surface area contributed by atoms with Gasteiger partial charge in [-0.1, -0.05) is 0 Å². The Morgan fingerprint density at radius 2 is 1.67 bits per heavy atom. The lowest BCUT2D eigenvalue weighted by Crippen LogP contribution is -2.26. The van der Waals surface area contributed by atoms with Gasteiger partial charge in [0.2, 0.25) is 5.43 Å². The van der Waals surface area contributed by atoms with Crippen molar-refractivity contribution in [3.8, 4) is 11.3 Å². The highest BCUT2D eigenvalue weighted by molar-refractivity contribution is 5.57. The van der Waals surface area contributed by atoms with E-state index in [1.54, 1.807) is 0 Å². The van der Waals surface area contributed by atoms with E-state index < -0.39 is 11.0 Å². The van der Waals surface area contributed by atoms with Gasteiger partial charge in [0.15, 0.2) is 0 Å². The van der Waals surface area contributed by atoms with Crippen molar-refractivity contribution in [2.45, 2.75) is 0 Å². The van der Waals surface area contributed by atoms with Crippen LogP contribution >= 0.6 is 0 Å². The van der Waals surface area contributed by atoms with Crippen LogP contribution in [0.15, 0.2) is 39.9 Å². The third kappa shape index (κ3) is 1.85. The Morgan fingerprint density at radius 1 is 1.00 bits per heavy atom. The van der Waals surface area contributed by atoms with E-state index >= 15 is 0 Å². The number of halogens is 1. The number of benzene rings is 1. The van der Waals surface area contributed by atoms with Crippen LogP contribution in [-0.4, -0.2) is 10.2 Å². The molecule has 0 saturated heterocycles.